The van der Waals surface area contributed by atoms with Gasteiger partial charge in [-0.2, -0.15) is 0 Å². The van der Waals surface area contributed by atoms with E-state index in [0.29, 0.717) is 18.1 Å². The first-order chi connectivity index (χ1) is 6.20. The smallest absolute Gasteiger partial charge is 0.136 e. The molecule has 0 bridgehead atoms. The summed E-state index contributed by atoms with van der Waals surface area (Å²) in [5.41, 5.74) is 1.11. The Morgan fingerprint density at radius 2 is 2.00 bits per heavy atom. The Hall–Kier alpha value is -0.630. The molecule has 0 aromatic rings. The van der Waals surface area contributed by atoms with Gasteiger partial charge in [0.25, 0.3) is 0 Å². The van der Waals surface area contributed by atoms with Gasteiger partial charge in [-0.1, -0.05) is 5.57 Å². The molecule has 0 unspecified atom stereocenters. The molecule has 0 saturated carbocycles. The van der Waals surface area contributed by atoms with Crippen LogP contribution in [0.15, 0.2) is 12.2 Å². The summed E-state index contributed by atoms with van der Waals surface area (Å²) < 4.78 is 0. The Morgan fingerprint density at radius 3 is 2.54 bits per heavy atom. The van der Waals surface area contributed by atoms with E-state index in [0.717, 1.165) is 37.9 Å². The Morgan fingerprint density at radius 1 is 1.38 bits per heavy atom. The number of carbonyl (C=O) groups is 1. The van der Waals surface area contributed by atoms with Gasteiger partial charge in [-0.25, -0.2) is 0 Å². The summed E-state index contributed by atoms with van der Waals surface area (Å²) in [6, 6.07) is 0. The SMILES string of the molecule is C=C(C)CCC(=O)C1CCNCC1. The molecule has 1 fully saturated rings. The van der Waals surface area contributed by atoms with Crippen molar-refractivity contribution in [3.63, 3.8) is 0 Å². The van der Waals surface area contributed by atoms with Crippen molar-refractivity contribution in [3.05, 3.63) is 12.2 Å². The molecular weight excluding hydrogens is 162 g/mol. The standard InChI is InChI=1S/C11H19NO/c1-9(2)3-4-11(13)10-5-7-12-8-6-10/h10,12H,1,3-8H2,2H3. The van der Waals surface area contributed by atoms with E-state index in [2.05, 4.69) is 11.9 Å². The summed E-state index contributed by atoms with van der Waals surface area (Å²) in [6.45, 7) is 7.80. The highest BCUT2D eigenvalue weighted by atomic mass is 16.1. The Kier molecular flexibility index (Phi) is 4.16. The van der Waals surface area contributed by atoms with Gasteiger partial charge in [0.15, 0.2) is 0 Å². The van der Waals surface area contributed by atoms with Crippen LogP contribution in [0.1, 0.15) is 32.6 Å². The average Bonchev–Trinajstić information content (AvgIpc) is 2.15. The number of hydrogen-bond acceptors (Lipinski definition) is 2. The normalized spacial score (nSPS) is 18.5. The topological polar surface area (TPSA) is 29.1 Å². The molecule has 1 heterocycles. The number of carbonyl (C=O) groups excluding carboxylic acids is 1. The minimum Gasteiger partial charge on any atom is -0.317 e. The minimum absolute atomic E-state index is 0.320. The molecule has 1 aliphatic heterocycles. The van der Waals surface area contributed by atoms with Crippen LogP contribution in [0.3, 0.4) is 0 Å². The van der Waals surface area contributed by atoms with Crippen molar-refractivity contribution in [2.75, 3.05) is 13.1 Å². The molecule has 13 heavy (non-hydrogen) atoms. The van der Waals surface area contributed by atoms with Gasteiger partial charge in [0.05, 0.1) is 0 Å². The third-order valence-electron chi connectivity index (χ3n) is 2.59. The first-order valence-corrected chi connectivity index (χ1v) is 5.08. The van der Waals surface area contributed by atoms with Gasteiger partial charge in [0.1, 0.15) is 5.78 Å². The summed E-state index contributed by atoms with van der Waals surface area (Å²) in [4.78, 5) is 11.6. The summed E-state index contributed by atoms with van der Waals surface area (Å²) >= 11 is 0. The molecule has 0 radical (unpaired) electrons. The van der Waals surface area contributed by atoms with Crippen molar-refractivity contribution >= 4 is 5.78 Å². The molecule has 1 N–H and O–H groups in total. The fourth-order valence-corrected chi connectivity index (χ4v) is 1.68. The molecule has 0 aromatic heterocycles. The molecule has 1 rings (SSSR count). The second-order valence-electron chi connectivity index (χ2n) is 3.95. The number of nitrogens with one attached hydrogen (secondary N) is 1. The van der Waals surface area contributed by atoms with Gasteiger partial charge < -0.3 is 5.32 Å². The highest BCUT2D eigenvalue weighted by Crippen LogP contribution is 2.16. The molecule has 1 aliphatic rings. The number of ketones is 1. The summed E-state index contributed by atoms with van der Waals surface area (Å²) in [5, 5.41) is 3.26. The number of Topliss-reactive ketones (excluding diaryl/α,β-unsaturated/α-hetero) is 1. The maximum absolute atomic E-state index is 11.6. The van der Waals surface area contributed by atoms with Gasteiger partial charge in [-0.15, -0.1) is 6.58 Å². The number of rotatable bonds is 4. The lowest BCUT2D eigenvalue weighted by Gasteiger charge is -2.21. The maximum Gasteiger partial charge on any atom is 0.136 e. The monoisotopic (exact) mass is 181 g/mol. The zero-order valence-corrected chi connectivity index (χ0v) is 8.44. The second kappa shape index (κ2) is 5.18. The molecule has 0 atom stereocenters. The van der Waals surface area contributed by atoms with Gasteiger partial charge in [-0.3, -0.25) is 4.79 Å². The van der Waals surface area contributed by atoms with Crippen LogP contribution < -0.4 is 5.32 Å². The molecule has 0 spiro atoms. The maximum atomic E-state index is 11.6. The fraction of sp³-hybridized carbons (Fsp3) is 0.727. The molecule has 2 heteroatoms. The zero-order chi connectivity index (χ0) is 9.68. The zero-order valence-electron chi connectivity index (χ0n) is 8.44. The van der Waals surface area contributed by atoms with Crippen molar-refractivity contribution in [2.45, 2.75) is 32.6 Å². The van der Waals surface area contributed by atoms with Crippen LogP contribution in [0.4, 0.5) is 0 Å². The van der Waals surface area contributed by atoms with Crippen molar-refractivity contribution < 1.29 is 4.79 Å². The molecule has 0 amide bonds. The quantitative estimate of drug-likeness (QED) is 0.671. The average molecular weight is 181 g/mol. The van der Waals surface area contributed by atoms with E-state index in [1.165, 1.54) is 0 Å². The Balaban J connectivity index is 2.25. The first kappa shape index (κ1) is 10.5. The molecule has 74 valence electrons. The number of piperidine rings is 1. The highest BCUT2D eigenvalue weighted by Gasteiger charge is 2.19. The molecule has 1 saturated heterocycles. The van der Waals surface area contributed by atoms with Gasteiger partial charge in [0.2, 0.25) is 0 Å². The lowest BCUT2D eigenvalue weighted by atomic mass is 9.90. The van der Waals surface area contributed by atoms with Crippen LogP contribution in [0.5, 0.6) is 0 Å². The van der Waals surface area contributed by atoms with E-state index in [4.69, 9.17) is 0 Å². The van der Waals surface area contributed by atoms with Crippen LogP contribution in [-0.2, 0) is 4.79 Å². The summed E-state index contributed by atoms with van der Waals surface area (Å²) in [7, 11) is 0. The van der Waals surface area contributed by atoms with E-state index in [9.17, 15) is 4.79 Å². The van der Waals surface area contributed by atoms with E-state index >= 15 is 0 Å². The van der Waals surface area contributed by atoms with Crippen LogP contribution in [-0.4, -0.2) is 18.9 Å². The van der Waals surface area contributed by atoms with Crippen molar-refractivity contribution in [1.82, 2.24) is 5.32 Å². The molecule has 2 nitrogen and oxygen atoms in total. The first-order valence-electron chi connectivity index (χ1n) is 5.08. The number of hydrogen-bond donors (Lipinski definition) is 1. The van der Waals surface area contributed by atoms with Crippen LogP contribution >= 0.6 is 0 Å². The lowest BCUT2D eigenvalue weighted by molar-refractivity contribution is -0.123. The fourth-order valence-electron chi connectivity index (χ4n) is 1.68. The molecule has 0 aliphatic carbocycles. The van der Waals surface area contributed by atoms with Crippen molar-refractivity contribution in [2.24, 2.45) is 5.92 Å². The van der Waals surface area contributed by atoms with Gasteiger partial charge in [-0.05, 0) is 39.3 Å². The summed E-state index contributed by atoms with van der Waals surface area (Å²) in [5.74, 6) is 0.755. The predicted octanol–water partition coefficient (Wildman–Crippen LogP) is 1.91. The van der Waals surface area contributed by atoms with Crippen LogP contribution in [0.2, 0.25) is 0 Å². The van der Waals surface area contributed by atoms with E-state index < -0.39 is 0 Å². The molecule has 0 aromatic carbocycles. The van der Waals surface area contributed by atoms with Crippen molar-refractivity contribution in [1.29, 1.82) is 0 Å². The third-order valence-corrected chi connectivity index (χ3v) is 2.59. The predicted molar refractivity (Wildman–Crippen MR) is 54.6 cm³/mol. The second-order valence-corrected chi connectivity index (χ2v) is 3.95. The Labute approximate surface area is 80.4 Å². The summed E-state index contributed by atoms with van der Waals surface area (Å²) in [6.07, 6.45) is 3.60. The number of allylic oxidation sites excluding steroid dienone is 1. The van der Waals surface area contributed by atoms with Crippen LogP contribution in [0.25, 0.3) is 0 Å². The van der Waals surface area contributed by atoms with E-state index in [1.807, 2.05) is 6.92 Å². The molecular formula is C11H19NO. The minimum atomic E-state index is 0.320. The lowest BCUT2D eigenvalue weighted by Crippen LogP contribution is -2.31. The third kappa shape index (κ3) is 3.73. The van der Waals surface area contributed by atoms with Crippen molar-refractivity contribution in [3.8, 4) is 0 Å². The highest BCUT2D eigenvalue weighted by molar-refractivity contribution is 5.81. The van der Waals surface area contributed by atoms with E-state index in [-0.39, 0.29) is 0 Å². The van der Waals surface area contributed by atoms with Gasteiger partial charge in [0, 0.05) is 12.3 Å². The van der Waals surface area contributed by atoms with Gasteiger partial charge >= 0.3 is 0 Å². The Bertz CT molecular complexity index is 192. The van der Waals surface area contributed by atoms with E-state index in [1.54, 1.807) is 0 Å². The van der Waals surface area contributed by atoms with Crippen LogP contribution in [0, 0.1) is 5.92 Å². The largest absolute Gasteiger partial charge is 0.317 e.